The van der Waals surface area contributed by atoms with Crippen molar-refractivity contribution in [3.63, 3.8) is 0 Å². The largest absolute Gasteiger partial charge is 0.289 e. The minimum absolute atomic E-state index is 0.605. The molecule has 0 amide bonds. The van der Waals surface area contributed by atoms with Crippen LogP contribution in [-0.4, -0.2) is 12.3 Å². The van der Waals surface area contributed by atoms with E-state index < -0.39 is 0 Å². The van der Waals surface area contributed by atoms with Gasteiger partial charge in [0, 0.05) is 6.21 Å². The maximum Gasteiger partial charge on any atom is 0.0592 e. The zero-order valence-corrected chi connectivity index (χ0v) is 10.0. The fourth-order valence-corrected chi connectivity index (χ4v) is 3.43. The quantitative estimate of drug-likeness (QED) is 0.663. The van der Waals surface area contributed by atoms with Crippen molar-refractivity contribution in [1.82, 2.24) is 0 Å². The molecule has 1 aliphatic carbocycles. The Hall–Kier alpha value is -0.590. The van der Waals surface area contributed by atoms with Crippen molar-refractivity contribution >= 4 is 6.21 Å². The van der Waals surface area contributed by atoms with Crippen LogP contribution in [0.15, 0.2) is 17.1 Å². The Morgan fingerprint density at radius 2 is 2.07 bits per heavy atom. The predicted octanol–water partition coefficient (Wildman–Crippen LogP) is 3.85. The van der Waals surface area contributed by atoms with Crippen LogP contribution in [0, 0.1) is 17.8 Å². The predicted molar refractivity (Wildman–Crippen MR) is 66.3 cm³/mol. The second-order valence-corrected chi connectivity index (χ2v) is 5.01. The van der Waals surface area contributed by atoms with E-state index in [1.807, 2.05) is 6.21 Å². The molecule has 0 aromatic heterocycles. The van der Waals surface area contributed by atoms with Crippen molar-refractivity contribution in [1.29, 1.82) is 0 Å². The molecule has 15 heavy (non-hydrogen) atoms. The van der Waals surface area contributed by atoms with E-state index in [0.29, 0.717) is 6.04 Å². The number of hydrogen-bond donors (Lipinski definition) is 0. The van der Waals surface area contributed by atoms with Crippen molar-refractivity contribution in [2.45, 2.75) is 52.0 Å². The number of fused-ring (bicyclic) bond motifs is 1. The third kappa shape index (κ3) is 2.16. The SMILES string of the molecule is CCC(CC)C1CCCC2C=CC=NC21. The van der Waals surface area contributed by atoms with Crippen LogP contribution in [0.2, 0.25) is 0 Å². The lowest BCUT2D eigenvalue weighted by Gasteiger charge is -2.39. The Morgan fingerprint density at radius 3 is 2.80 bits per heavy atom. The minimum atomic E-state index is 0.605. The highest BCUT2D eigenvalue weighted by atomic mass is 14.8. The van der Waals surface area contributed by atoms with Crippen molar-refractivity contribution < 1.29 is 0 Å². The normalized spacial score (nSPS) is 34.5. The number of allylic oxidation sites excluding steroid dienone is 1. The summed E-state index contributed by atoms with van der Waals surface area (Å²) in [5, 5.41) is 0. The monoisotopic (exact) mass is 205 g/mol. The lowest BCUT2D eigenvalue weighted by Crippen LogP contribution is -2.36. The molecule has 0 aromatic rings. The summed E-state index contributed by atoms with van der Waals surface area (Å²) in [6.45, 7) is 4.67. The molecule has 3 atom stereocenters. The summed E-state index contributed by atoms with van der Waals surface area (Å²) >= 11 is 0. The van der Waals surface area contributed by atoms with Crippen molar-refractivity contribution in [2.24, 2.45) is 22.7 Å². The first-order valence-electron chi connectivity index (χ1n) is 6.56. The Balaban J connectivity index is 2.10. The molecule has 2 aliphatic rings. The summed E-state index contributed by atoms with van der Waals surface area (Å²) in [7, 11) is 0. The van der Waals surface area contributed by atoms with Gasteiger partial charge >= 0.3 is 0 Å². The van der Waals surface area contributed by atoms with Gasteiger partial charge in [-0.15, -0.1) is 0 Å². The van der Waals surface area contributed by atoms with Gasteiger partial charge in [-0.25, -0.2) is 0 Å². The molecule has 0 bridgehead atoms. The molecule has 0 radical (unpaired) electrons. The molecule has 84 valence electrons. The third-order valence-corrected chi connectivity index (χ3v) is 4.31. The molecular weight excluding hydrogens is 182 g/mol. The van der Waals surface area contributed by atoms with E-state index in [4.69, 9.17) is 4.99 Å². The summed E-state index contributed by atoms with van der Waals surface area (Å²) in [5.74, 6) is 2.48. The highest BCUT2D eigenvalue weighted by molar-refractivity contribution is 5.72. The average Bonchev–Trinajstić information content (AvgIpc) is 2.31. The first-order valence-corrected chi connectivity index (χ1v) is 6.56. The summed E-state index contributed by atoms with van der Waals surface area (Å²) < 4.78 is 0. The molecule has 1 heterocycles. The summed E-state index contributed by atoms with van der Waals surface area (Å²) in [6, 6.07) is 0.605. The second-order valence-electron chi connectivity index (χ2n) is 5.01. The molecule has 1 fully saturated rings. The standard InChI is InChI=1S/C14H23N/c1-3-11(4-2)13-9-5-7-12-8-6-10-15-14(12)13/h6,8,10-14H,3-5,7,9H2,1-2H3. The first-order chi connectivity index (χ1) is 7.36. The molecule has 3 unspecified atom stereocenters. The molecule has 1 nitrogen and oxygen atoms in total. The molecule has 2 rings (SSSR count). The van der Waals surface area contributed by atoms with E-state index in [0.717, 1.165) is 17.8 Å². The van der Waals surface area contributed by atoms with E-state index in [-0.39, 0.29) is 0 Å². The zero-order valence-electron chi connectivity index (χ0n) is 10.0. The van der Waals surface area contributed by atoms with Gasteiger partial charge in [0.25, 0.3) is 0 Å². The molecular formula is C14H23N. The van der Waals surface area contributed by atoms with Crippen LogP contribution in [0.3, 0.4) is 0 Å². The topological polar surface area (TPSA) is 12.4 Å². The van der Waals surface area contributed by atoms with Gasteiger partial charge in [0.1, 0.15) is 0 Å². The lowest BCUT2D eigenvalue weighted by molar-refractivity contribution is 0.173. The van der Waals surface area contributed by atoms with Crippen molar-refractivity contribution in [3.8, 4) is 0 Å². The minimum Gasteiger partial charge on any atom is -0.289 e. The highest BCUT2D eigenvalue weighted by Crippen LogP contribution is 2.40. The smallest absolute Gasteiger partial charge is 0.0592 e. The van der Waals surface area contributed by atoms with E-state index >= 15 is 0 Å². The first kappa shape index (κ1) is 10.9. The van der Waals surface area contributed by atoms with Crippen LogP contribution in [0.1, 0.15) is 46.0 Å². The van der Waals surface area contributed by atoms with Gasteiger partial charge in [-0.2, -0.15) is 0 Å². The molecule has 0 aromatic carbocycles. The Bertz CT molecular complexity index is 250. The van der Waals surface area contributed by atoms with Crippen LogP contribution in [-0.2, 0) is 0 Å². The third-order valence-electron chi connectivity index (χ3n) is 4.31. The molecule has 1 saturated carbocycles. The Morgan fingerprint density at radius 1 is 1.27 bits per heavy atom. The van der Waals surface area contributed by atoms with Crippen molar-refractivity contribution in [3.05, 3.63) is 12.2 Å². The van der Waals surface area contributed by atoms with Crippen molar-refractivity contribution in [2.75, 3.05) is 0 Å². The molecule has 1 aliphatic heterocycles. The fraction of sp³-hybridized carbons (Fsp3) is 0.786. The molecule has 0 saturated heterocycles. The Labute approximate surface area is 93.7 Å². The van der Waals surface area contributed by atoms with Gasteiger partial charge in [-0.05, 0) is 36.7 Å². The number of dihydropyridines is 1. The average molecular weight is 205 g/mol. The highest BCUT2D eigenvalue weighted by Gasteiger charge is 2.35. The number of hydrogen-bond acceptors (Lipinski definition) is 1. The molecule has 0 N–H and O–H groups in total. The summed E-state index contributed by atoms with van der Waals surface area (Å²) in [5.41, 5.74) is 0. The maximum absolute atomic E-state index is 4.74. The van der Waals surface area contributed by atoms with Crippen LogP contribution in [0.4, 0.5) is 0 Å². The molecule has 0 spiro atoms. The number of aliphatic imine (C=N–C) groups is 1. The molecule has 1 heteroatoms. The lowest BCUT2D eigenvalue weighted by atomic mass is 9.69. The second kappa shape index (κ2) is 4.96. The van der Waals surface area contributed by atoms with Crippen LogP contribution >= 0.6 is 0 Å². The summed E-state index contributed by atoms with van der Waals surface area (Å²) in [6.07, 6.45) is 13.3. The Kier molecular flexibility index (Phi) is 3.61. The number of nitrogens with zero attached hydrogens (tertiary/aromatic N) is 1. The zero-order chi connectivity index (χ0) is 10.7. The van der Waals surface area contributed by atoms with Crippen LogP contribution < -0.4 is 0 Å². The number of rotatable bonds is 3. The summed E-state index contributed by atoms with van der Waals surface area (Å²) in [4.78, 5) is 4.74. The van der Waals surface area contributed by atoms with E-state index in [1.165, 1.54) is 32.1 Å². The fourth-order valence-electron chi connectivity index (χ4n) is 3.43. The van der Waals surface area contributed by atoms with Crippen LogP contribution in [0.5, 0.6) is 0 Å². The van der Waals surface area contributed by atoms with E-state index in [2.05, 4.69) is 26.0 Å². The van der Waals surface area contributed by atoms with E-state index in [9.17, 15) is 0 Å². The van der Waals surface area contributed by atoms with Gasteiger partial charge in [-0.3, -0.25) is 4.99 Å². The van der Waals surface area contributed by atoms with Gasteiger partial charge in [0.2, 0.25) is 0 Å². The van der Waals surface area contributed by atoms with Gasteiger partial charge in [-0.1, -0.05) is 39.2 Å². The van der Waals surface area contributed by atoms with Gasteiger partial charge < -0.3 is 0 Å². The van der Waals surface area contributed by atoms with Gasteiger partial charge in [0.05, 0.1) is 6.04 Å². The van der Waals surface area contributed by atoms with Gasteiger partial charge in [0.15, 0.2) is 0 Å². The van der Waals surface area contributed by atoms with Crippen LogP contribution in [0.25, 0.3) is 0 Å². The van der Waals surface area contributed by atoms with E-state index in [1.54, 1.807) is 0 Å². The maximum atomic E-state index is 4.74.